The van der Waals surface area contributed by atoms with Gasteiger partial charge in [-0.3, -0.25) is 9.69 Å². The monoisotopic (exact) mass is 447 g/mol. The molecule has 0 amide bonds. The van der Waals surface area contributed by atoms with Crippen LogP contribution in [0.15, 0.2) is 78.9 Å². The summed E-state index contributed by atoms with van der Waals surface area (Å²) in [5.41, 5.74) is 3.49. The Balaban J connectivity index is 1.95. The van der Waals surface area contributed by atoms with Crippen LogP contribution in [0, 0.1) is 5.92 Å². The highest BCUT2D eigenvalue weighted by molar-refractivity contribution is 5.72. The minimum Gasteiger partial charge on any atom is -0.497 e. The van der Waals surface area contributed by atoms with E-state index in [1.807, 2.05) is 49.4 Å². The van der Waals surface area contributed by atoms with Crippen molar-refractivity contribution in [1.29, 1.82) is 0 Å². The summed E-state index contributed by atoms with van der Waals surface area (Å²) in [6.45, 7) is 3.33. The quantitative estimate of drug-likeness (QED) is 0.382. The molecule has 0 saturated carbocycles. The van der Waals surface area contributed by atoms with Crippen molar-refractivity contribution in [3.05, 3.63) is 95.6 Å². The van der Waals surface area contributed by atoms with Gasteiger partial charge in [0.15, 0.2) is 0 Å². The zero-order chi connectivity index (χ0) is 23.6. The Morgan fingerprint density at radius 2 is 1.21 bits per heavy atom. The molecule has 0 bridgehead atoms. The summed E-state index contributed by atoms with van der Waals surface area (Å²) in [7, 11) is 4.79. The third-order valence-corrected chi connectivity index (χ3v) is 6.00. The standard InChI is InChI=1S/C28H33NO4/c1-21(28(30)33-4)27(18-22-8-6-5-7-9-22)29(19-23-10-14-25(31-2)15-11-23)20-24-12-16-26(32-3)17-13-24/h5-17,21,27H,18-20H2,1-4H3/t21-,27-/m0/s1. The van der Waals surface area contributed by atoms with Crippen molar-refractivity contribution in [2.24, 2.45) is 5.92 Å². The van der Waals surface area contributed by atoms with E-state index in [4.69, 9.17) is 14.2 Å². The van der Waals surface area contributed by atoms with Crippen LogP contribution in [0.5, 0.6) is 11.5 Å². The third-order valence-electron chi connectivity index (χ3n) is 6.00. The molecule has 0 radical (unpaired) electrons. The molecule has 0 aromatic heterocycles. The number of carbonyl (C=O) groups is 1. The highest BCUT2D eigenvalue weighted by atomic mass is 16.5. The molecule has 0 aliphatic heterocycles. The highest BCUT2D eigenvalue weighted by Gasteiger charge is 2.30. The number of methoxy groups -OCH3 is 3. The normalized spacial score (nSPS) is 12.8. The van der Waals surface area contributed by atoms with Crippen LogP contribution in [0.3, 0.4) is 0 Å². The summed E-state index contributed by atoms with van der Waals surface area (Å²) in [6, 6.07) is 26.4. The molecule has 3 rings (SSSR count). The van der Waals surface area contributed by atoms with Crippen molar-refractivity contribution in [3.63, 3.8) is 0 Å². The van der Waals surface area contributed by atoms with E-state index in [1.165, 1.54) is 12.7 Å². The largest absolute Gasteiger partial charge is 0.497 e. The van der Waals surface area contributed by atoms with Crippen molar-refractivity contribution in [2.75, 3.05) is 21.3 Å². The molecule has 0 unspecified atom stereocenters. The van der Waals surface area contributed by atoms with Gasteiger partial charge in [-0.15, -0.1) is 0 Å². The molecule has 0 aliphatic carbocycles. The predicted molar refractivity (Wildman–Crippen MR) is 130 cm³/mol. The first kappa shape index (κ1) is 24.3. The summed E-state index contributed by atoms with van der Waals surface area (Å²) in [6.07, 6.45) is 0.740. The fourth-order valence-electron chi connectivity index (χ4n) is 4.04. The molecule has 174 valence electrons. The van der Waals surface area contributed by atoms with E-state index in [2.05, 4.69) is 41.3 Å². The Labute approximate surface area is 196 Å². The Morgan fingerprint density at radius 3 is 1.64 bits per heavy atom. The van der Waals surface area contributed by atoms with Gasteiger partial charge in [-0.25, -0.2) is 0 Å². The fourth-order valence-corrected chi connectivity index (χ4v) is 4.04. The predicted octanol–water partition coefficient (Wildman–Crippen LogP) is 5.13. The summed E-state index contributed by atoms with van der Waals surface area (Å²) in [4.78, 5) is 15.0. The Bertz CT molecular complexity index is 937. The molecule has 3 aromatic carbocycles. The zero-order valence-corrected chi connectivity index (χ0v) is 19.9. The van der Waals surface area contributed by atoms with Gasteiger partial charge < -0.3 is 14.2 Å². The van der Waals surface area contributed by atoms with E-state index in [0.717, 1.165) is 29.0 Å². The van der Waals surface area contributed by atoms with Crippen LogP contribution in [0.1, 0.15) is 23.6 Å². The van der Waals surface area contributed by atoms with Crippen LogP contribution in [0.25, 0.3) is 0 Å². The zero-order valence-electron chi connectivity index (χ0n) is 19.9. The number of carbonyl (C=O) groups excluding carboxylic acids is 1. The molecule has 0 aliphatic rings. The molecule has 0 saturated heterocycles. The Morgan fingerprint density at radius 1 is 0.727 bits per heavy atom. The SMILES string of the molecule is COC(=O)[C@@H](C)[C@H](Cc1ccccc1)N(Cc1ccc(OC)cc1)Cc1ccc(OC)cc1. The van der Waals surface area contributed by atoms with Gasteiger partial charge in [0.2, 0.25) is 0 Å². The lowest BCUT2D eigenvalue weighted by Crippen LogP contribution is -2.43. The molecule has 2 atom stereocenters. The first-order chi connectivity index (χ1) is 16.0. The minimum absolute atomic E-state index is 0.0518. The molecule has 5 nitrogen and oxygen atoms in total. The van der Waals surface area contributed by atoms with Crippen LogP contribution < -0.4 is 9.47 Å². The lowest BCUT2D eigenvalue weighted by Gasteiger charge is -2.35. The number of hydrogen-bond acceptors (Lipinski definition) is 5. The van der Waals surface area contributed by atoms with E-state index < -0.39 is 0 Å². The van der Waals surface area contributed by atoms with Crippen LogP contribution >= 0.6 is 0 Å². The van der Waals surface area contributed by atoms with Gasteiger partial charge in [0, 0.05) is 19.1 Å². The maximum atomic E-state index is 12.6. The molecule has 3 aromatic rings. The number of rotatable bonds is 11. The van der Waals surface area contributed by atoms with E-state index in [1.54, 1.807) is 14.2 Å². The average molecular weight is 448 g/mol. The lowest BCUT2D eigenvalue weighted by molar-refractivity contribution is -0.147. The second-order valence-corrected chi connectivity index (χ2v) is 8.17. The van der Waals surface area contributed by atoms with Gasteiger partial charge in [-0.2, -0.15) is 0 Å². The number of esters is 1. The fraction of sp³-hybridized carbons (Fsp3) is 0.321. The smallest absolute Gasteiger partial charge is 0.309 e. The van der Waals surface area contributed by atoms with Gasteiger partial charge in [0.25, 0.3) is 0 Å². The second-order valence-electron chi connectivity index (χ2n) is 8.17. The molecule has 0 fully saturated rings. The molecule has 0 N–H and O–H groups in total. The highest BCUT2D eigenvalue weighted by Crippen LogP contribution is 2.25. The van der Waals surface area contributed by atoms with Gasteiger partial charge >= 0.3 is 5.97 Å². The average Bonchev–Trinajstić information content (AvgIpc) is 2.87. The summed E-state index contributed by atoms with van der Waals surface area (Å²) < 4.78 is 15.8. The Hall–Kier alpha value is -3.31. The second kappa shape index (κ2) is 12.1. The lowest BCUT2D eigenvalue weighted by atomic mass is 9.92. The van der Waals surface area contributed by atoms with Crippen molar-refractivity contribution < 1.29 is 19.0 Å². The van der Waals surface area contributed by atoms with E-state index in [0.29, 0.717) is 13.1 Å². The first-order valence-electron chi connectivity index (χ1n) is 11.2. The number of hydrogen-bond donors (Lipinski definition) is 0. The van der Waals surface area contributed by atoms with Gasteiger partial charge in [0.1, 0.15) is 11.5 Å². The summed E-state index contributed by atoms with van der Waals surface area (Å²) in [5.74, 6) is 1.14. The molecular formula is C28H33NO4. The maximum absolute atomic E-state index is 12.6. The first-order valence-corrected chi connectivity index (χ1v) is 11.2. The van der Waals surface area contributed by atoms with Gasteiger partial charge in [-0.05, 0) is 47.4 Å². The molecule has 0 spiro atoms. The van der Waals surface area contributed by atoms with Crippen LogP contribution in [-0.4, -0.2) is 38.2 Å². The topological polar surface area (TPSA) is 48.0 Å². The molecule has 33 heavy (non-hydrogen) atoms. The van der Waals surface area contributed by atoms with E-state index in [-0.39, 0.29) is 17.9 Å². The van der Waals surface area contributed by atoms with Gasteiger partial charge in [0.05, 0.1) is 27.2 Å². The van der Waals surface area contributed by atoms with E-state index >= 15 is 0 Å². The van der Waals surface area contributed by atoms with Crippen LogP contribution in [0.4, 0.5) is 0 Å². The van der Waals surface area contributed by atoms with Crippen LogP contribution in [0.2, 0.25) is 0 Å². The van der Waals surface area contributed by atoms with Crippen molar-refractivity contribution in [1.82, 2.24) is 4.90 Å². The van der Waals surface area contributed by atoms with Gasteiger partial charge in [-0.1, -0.05) is 61.5 Å². The summed E-state index contributed by atoms with van der Waals surface area (Å²) >= 11 is 0. The van der Waals surface area contributed by atoms with Crippen molar-refractivity contribution in [3.8, 4) is 11.5 Å². The third kappa shape index (κ3) is 6.83. The molecule has 0 heterocycles. The number of nitrogens with zero attached hydrogens (tertiary/aromatic N) is 1. The van der Waals surface area contributed by atoms with Crippen LogP contribution in [-0.2, 0) is 29.0 Å². The number of ether oxygens (including phenoxy) is 3. The number of benzene rings is 3. The van der Waals surface area contributed by atoms with E-state index in [9.17, 15) is 4.79 Å². The van der Waals surface area contributed by atoms with Crippen molar-refractivity contribution >= 4 is 5.97 Å². The van der Waals surface area contributed by atoms with Crippen molar-refractivity contribution in [2.45, 2.75) is 32.5 Å². The Kier molecular flexibility index (Phi) is 8.90. The molecular weight excluding hydrogens is 414 g/mol. The maximum Gasteiger partial charge on any atom is 0.309 e. The minimum atomic E-state index is -0.299. The summed E-state index contributed by atoms with van der Waals surface area (Å²) in [5, 5.41) is 0. The molecule has 5 heteroatoms.